The zero-order valence-corrected chi connectivity index (χ0v) is 27.4. The van der Waals surface area contributed by atoms with E-state index in [-0.39, 0.29) is 11.9 Å². The number of ether oxygens (including phenoxy) is 1. The molecule has 0 atom stereocenters. The number of rotatable bonds is 30. The van der Waals surface area contributed by atoms with E-state index < -0.39 is 0 Å². The molecule has 0 saturated carbocycles. The third-order valence-electron chi connectivity index (χ3n) is 7.56. The number of amides is 1. The molecule has 0 rings (SSSR count). The van der Waals surface area contributed by atoms with Gasteiger partial charge in [-0.3, -0.25) is 9.59 Å². The van der Waals surface area contributed by atoms with Gasteiger partial charge in [0.15, 0.2) is 0 Å². The highest BCUT2D eigenvalue weighted by Crippen LogP contribution is 2.12. The van der Waals surface area contributed by atoms with E-state index in [0.29, 0.717) is 12.8 Å². The maximum Gasteiger partial charge on any atom is 0.310 e. The Balaban J connectivity index is 3.89. The summed E-state index contributed by atoms with van der Waals surface area (Å²) in [6, 6.07) is 0. The molecule has 0 aromatic heterocycles. The minimum absolute atomic E-state index is 0.157. The lowest BCUT2D eigenvalue weighted by Gasteiger charge is -2.22. The van der Waals surface area contributed by atoms with Crippen molar-refractivity contribution in [2.24, 2.45) is 0 Å². The van der Waals surface area contributed by atoms with Crippen LogP contribution in [0.4, 0.5) is 0 Å². The zero-order valence-electron chi connectivity index (χ0n) is 27.4. The van der Waals surface area contributed by atoms with Gasteiger partial charge in [-0.2, -0.15) is 0 Å². The highest BCUT2D eigenvalue weighted by atomic mass is 16.5. The summed E-state index contributed by atoms with van der Waals surface area (Å²) in [4.78, 5) is 26.5. The number of hydrogen-bond donors (Lipinski definition) is 1. The SMILES string of the molecule is CCCCCC/C=C/CC(=N)CCCCCCCCN(CCCCCC(=O)O/C=C/CCCCCC)C(=O)CCC. The third-order valence-corrected chi connectivity index (χ3v) is 7.56. The average Bonchev–Trinajstić information content (AvgIpc) is 2.96. The topological polar surface area (TPSA) is 70.5 Å². The Morgan fingerprint density at radius 3 is 1.76 bits per heavy atom. The maximum absolute atomic E-state index is 12.6. The summed E-state index contributed by atoms with van der Waals surface area (Å²) >= 11 is 0. The number of carbonyl (C=O) groups excluding carboxylic acids is 2. The predicted molar refractivity (Wildman–Crippen MR) is 177 cm³/mol. The number of unbranched alkanes of at least 4 members (excludes halogenated alkanes) is 15. The lowest BCUT2D eigenvalue weighted by atomic mass is 10.1. The standard InChI is InChI=1S/C36H66N2O3/c1-4-7-9-11-13-16-21-28-34(37)29-22-17-14-15-18-24-31-38(35(39)27-6-3)32-25-20-23-30-36(40)41-33-26-19-12-10-8-5-2/h16,21,26,33,37H,4-15,17-20,22-25,27-32H2,1-3H3/b21-16+,33-26+,37-34?. The van der Waals surface area contributed by atoms with Crippen LogP contribution in [-0.4, -0.2) is 35.6 Å². The molecule has 0 spiro atoms. The minimum Gasteiger partial charge on any atom is -0.435 e. The fourth-order valence-corrected chi connectivity index (χ4v) is 4.90. The molecule has 0 aromatic carbocycles. The molecule has 0 radical (unpaired) electrons. The van der Waals surface area contributed by atoms with Crippen molar-refractivity contribution in [3.05, 3.63) is 24.5 Å². The Morgan fingerprint density at radius 2 is 1.12 bits per heavy atom. The van der Waals surface area contributed by atoms with Crippen LogP contribution in [-0.2, 0) is 14.3 Å². The van der Waals surface area contributed by atoms with Crippen LogP contribution >= 0.6 is 0 Å². The summed E-state index contributed by atoms with van der Waals surface area (Å²) in [7, 11) is 0. The molecule has 5 heteroatoms. The molecule has 41 heavy (non-hydrogen) atoms. The molecule has 0 aromatic rings. The molecule has 5 nitrogen and oxygen atoms in total. The Hall–Kier alpha value is -1.91. The van der Waals surface area contributed by atoms with Crippen molar-refractivity contribution < 1.29 is 14.3 Å². The first-order valence-electron chi connectivity index (χ1n) is 17.4. The van der Waals surface area contributed by atoms with Gasteiger partial charge in [0.25, 0.3) is 0 Å². The van der Waals surface area contributed by atoms with Gasteiger partial charge in [-0.25, -0.2) is 0 Å². The van der Waals surface area contributed by atoms with Gasteiger partial charge in [-0.15, -0.1) is 0 Å². The van der Waals surface area contributed by atoms with E-state index in [1.807, 2.05) is 11.0 Å². The quantitative estimate of drug-likeness (QED) is 0.0305. The van der Waals surface area contributed by atoms with Gasteiger partial charge in [0.2, 0.25) is 5.91 Å². The van der Waals surface area contributed by atoms with Crippen molar-refractivity contribution >= 4 is 17.6 Å². The van der Waals surface area contributed by atoms with Gasteiger partial charge in [0, 0.05) is 38.1 Å². The minimum atomic E-state index is -0.157. The second kappa shape index (κ2) is 31.0. The van der Waals surface area contributed by atoms with Crippen molar-refractivity contribution in [2.75, 3.05) is 13.1 Å². The van der Waals surface area contributed by atoms with E-state index in [4.69, 9.17) is 10.1 Å². The van der Waals surface area contributed by atoms with Gasteiger partial charge < -0.3 is 15.0 Å². The molecule has 0 bridgehead atoms. The van der Waals surface area contributed by atoms with Crippen molar-refractivity contribution in [1.29, 1.82) is 5.41 Å². The van der Waals surface area contributed by atoms with Crippen LogP contribution in [0.3, 0.4) is 0 Å². The van der Waals surface area contributed by atoms with E-state index in [0.717, 1.165) is 95.9 Å². The van der Waals surface area contributed by atoms with Crippen LogP contribution in [0.15, 0.2) is 24.5 Å². The fourth-order valence-electron chi connectivity index (χ4n) is 4.90. The molecule has 238 valence electrons. The Kier molecular flexibility index (Phi) is 29.6. The van der Waals surface area contributed by atoms with Crippen LogP contribution in [0.1, 0.15) is 175 Å². The predicted octanol–water partition coefficient (Wildman–Crippen LogP) is 10.9. The molecule has 0 aliphatic heterocycles. The molecule has 0 fully saturated rings. The number of esters is 1. The monoisotopic (exact) mass is 575 g/mol. The molecular weight excluding hydrogens is 508 g/mol. The van der Waals surface area contributed by atoms with Gasteiger partial charge in [-0.1, -0.05) is 104 Å². The molecule has 0 aliphatic rings. The summed E-state index contributed by atoms with van der Waals surface area (Å²) < 4.78 is 5.19. The summed E-state index contributed by atoms with van der Waals surface area (Å²) in [6.07, 6.45) is 33.5. The van der Waals surface area contributed by atoms with Crippen LogP contribution in [0.25, 0.3) is 0 Å². The summed E-state index contributed by atoms with van der Waals surface area (Å²) in [5.74, 6) is 0.111. The van der Waals surface area contributed by atoms with Gasteiger partial charge in [0.1, 0.15) is 0 Å². The number of nitrogens with one attached hydrogen (secondary N) is 1. The second-order valence-corrected chi connectivity index (χ2v) is 11.7. The Bertz CT molecular complexity index is 686. The molecule has 1 amide bonds. The lowest BCUT2D eigenvalue weighted by molar-refractivity contribution is -0.138. The van der Waals surface area contributed by atoms with Gasteiger partial charge in [-0.05, 0) is 70.3 Å². The third kappa shape index (κ3) is 28.0. The van der Waals surface area contributed by atoms with E-state index in [9.17, 15) is 9.59 Å². The molecule has 0 aliphatic carbocycles. The Morgan fingerprint density at radius 1 is 0.585 bits per heavy atom. The summed E-state index contributed by atoms with van der Waals surface area (Å²) in [5.41, 5.74) is 0.863. The number of carbonyl (C=O) groups is 2. The molecule has 0 saturated heterocycles. The summed E-state index contributed by atoms with van der Waals surface area (Å²) in [5, 5.41) is 8.15. The smallest absolute Gasteiger partial charge is 0.310 e. The first-order chi connectivity index (χ1) is 20.0. The highest BCUT2D eigenvalue weighted by molar-refractivity contribution is 5.82. The maximum atomic E-state index is 12.6. The number of allylic oxidation sites excluding steroid dienone is 3. The second-order valence-electron chi connectivity index (χ2n) is 11.7. The molecule has 0 unspecified atom stereocenters. The Labute approximate surface area is 254 Å². The van der Waals surface area contributed by atoms with E-state index in [1.165, 1.54) is 64.2 Å². The average molecular weight is 575 g/mol. The normalized spacial score (nSPS) is 11.5. The lowest BCUT2D eigenvalue weighted by Crippen LogP contribution is -2.32. The largest absolute Gasteiger partial charge is 0.435 e. The molecule has 0 heterocycles. The van der Waals surface area contributed by atoms with Crippen LogP contribution < -0.4 is 0 Å². The van der Waals surface area contributed by atoms with Gasteiger partial charge in [0.05, 0.1) is 6.26 Å². The summed E-state index contributed by atoms with van der Waals surface area (Å²) in [6.45, 7) is 8.14. The zero-order chi connectivity index (χ0) is 30.2. The highest BCUT2D eigenvalue weighted by Gasteiger charge is 2.12. The number of nitrogens with zero attached hydrogens (tertiary/aromatic N) is 1. The van der Waals surface area contributed by atoms with E-state index in [2.05, 4.69) is 32.9 Å². The van der Waals surface area contributed by atoms with Gasteiger partial charge >= 0.3 is 5.97 Å². The molecule has 1 N–H and O–H groups in total. The van der Waals surface area contributed by atoms with Crippen molar-refractivity contribution in [3.63, 3.8) is 0 Å². The van der Waals surface area contributed by atoms with Crippen molar-refractivity contribution in [2.45, 2.75) is 175 Å². The molecular formula is C36H66N2O3. The number of hydrogen-bond acceptors (Lipinski definition) is 4. The van der Waals surface area contributed by atoms with Crippen LogP contribution in [0, 0.1) is 5.41 Å². The van der Waals surface area contributed by atoms with Crippen LogP contribution in [0.2, 0.25) is 0 Å². The van der Waals surface area contributed by atoms with Crippen molar-refractivity contribution in [1.82, 2.24) is 4.90 Å². The first kappa shape index (κ1) is 39.1. The van der Waals surface area contributed by atoms with E-state index in [1.54, 1.807) is 6.26 Å². The van der Waals surface area contributed by atoms with E-state index >= 15 is 0 Å². The van der Waals surface area contributed by atoms with Crippen LogP contribution in [0.5, 0.6) is 0 Å². The fraction of sp³-hybridized carbons (Fsp3) is 0.806. The first-order valence-corrected chi connectivity index (χ1v) is 17.4. The van der Waals surface area contributed by atoms with Crippen molar-refractivity contribution in [3.8, 4) is 0 Å².